The Morgan fingerprint density at radius 2 is 2.05 bits per heavy atom. The lowest BCUT2D eigenvalue weighted by Crippen LogP contribution is -2.38. The lowest BCUT2D eigenvalue weighted by atomic mass is 9.94. The maximum absolute atomic E-state index is 12.2. The minimum absolute atomic E-state index is 0.103. The van der Waals surface area contributed by atoms with Crippen molar-refractivity contribution in [3.05, 3.63) is 42.1 Å². The van der Waals surface area contributed by atoms with E-state index in [1.165, 1.54) is 0 Å². The molecule has 19 heavy (non-hydrogen) atoms. The van der Waals surface area contributed by atoms with Crippen LogP contribution in [-0.2, 0) is 0 Å². The fraction of sp³-hybridized carbons (Fsp3) is 0.333. The molecule has 100 valence electrons. The molecule has 0 unspecified atom stereocenters. The molecule has 1 aromatic heterocycles. The molecule has 0 atom stereocenters. The summed E-state index contributed by atoms with van der Waals surface area (Å²) in [6.07, 6.45) is 1.70. The van der Waals surface area contributed by atoms with Crippen LogP contribution < -0.4 is 11.1 Å². The van der Waals surface area contributed by atoms with Crippen LogP contribution in [0.25, 0.3) is 10.9 Å². The van der Waals surface area contributed by atoms with Gasteiger partial charge in [0, 0.05) is 18.1 Å². The van der Waals surface area contributed by atoms with Crippen LogP contribution in [0.3, 0.4) is 0 Å². The van der Waals surface area contributed by atoms with Crippen LogP contribution in [0.5, 0.6) is 0 Å². The highest BCUT2D eigenvalue weighted by molar-refractivity contribution is 6.05. The Bertz CT molecular complexity index is 587. The van der Waals surface area contributed by atoms with E-state index >= 15 is 0 Å². The first-order valence-corrected chi connectivity index (χ1v) is 6.35. The smallest absolute Gasteiger partial charge is 0.253 e. The van der Waals surface area contributed by atoms with E-state index in [2.05, 4.69) is 10.3 Å². The summed E-state index contributed by atoms with van der Waals surface area (Å²) >= 11 is 0. The van der Waals surface area contributed by atoms with Gasteiger partial charge in [-0.1, -0.05) is 32.0 Å². The summed E-state index contributed by atoms with van der Waals surface area (Å²) in [4.78, 5) is 16.5. The van der Waals surface area contributed by atoms with E-state index in [1.807, 2.05) is 38.1 Å². The van der Waals surface area contributed by atoms with Gasteiger partial charge in [-0.3, -0.25) is 9.78 Å². The lowest BCUT2D eigenvalue weighted by Gasteiger charge is -2.22. The molecule has 0 aliphatic heterocycles. The predicted molar refractivity (Wildman–Crippen MR) is 76.9 cm³/mol. The summed E-state index contributed by atoms with van der Waals surface area (Å²) in [6.45, 7) is 5.12. The van der Waals surface area contributed by atoms with Crippen LogP contribution in [0.15, 0.2) is 36.5 Å². The van der Waals surface area contributed by atoms with Crippen molar-refractivity contribution in [2.45, 2.75) is 13.8 Å². The molecule has 2 rings (SSSR count). The molecule has 1 aromatic carbocycles. The topological polar surface area (TPSA) is 68.0 Å². The van der Waals surface area contributed by atoms with Gasteiger partial charge in [-0.05, 0) is 24.1 Å². The highest BCUT2D eigenvalue weighted by atomic mass is 16.1. The zero-order valence-electron chi connectivity index (χ0n) is 11.3. The number of nitrogens with one attached hydrogen (secondary N) is 1. The first-order valence-electron chi connectivity index (χ1n) is 6.35. The number of pyridine rings is 1. The molecular weight excluding hydrogens is 238 g/mol. The Labute approximate surface area is 113 Å². The highest BCUT2D eigenvalue weighted by Gasteiger charge is 2.18. The molecule has 0 spiro atoms. The van der Waals surface area contributed by atoms with E-state index in [-0.39, 0.29) is 11.3 Å². The van der Waals surface area contributed by atoms with Crippen molar-refractivity contribution in [2.24, 2.45) is 11.1 Å². The summed E-state index contributed by atoms with van der Waals surface area (Å²) in [5, 5.41) is 3.89. The van der Waals surface area contributed by atoms with Gasteiger partial charge < -0.3 is 11.1 Å². The van der Waals surface area contributed by atoms with Gasteiger partial charge in [0.05, 0.1) is 11.1 Å². The fourth-order valence-corrected chi connectivity index (χ4v) is 1.77. The molecule has 0 radical (unpaired) electrons. The van der Waals surface area contributed by atoms with Gasteiger partial charge in [-0.15, -0.1) is 0 Å². The molecule has 3 N–H and O–H groups in total. The largest absolute Gasteiger partial charge is 0.351 e. The van der Waals surface area contributed by atoms with Gasteiger partial charge in [0.1, 0.15) is 0 Å². The predicted octanol–water partition coefficient (Wildman–Crippen LogP) is 1.95. The SMILES string of the molecule is CC(C)(CN)CNC(=O)c1cccc2cccnc12. The van der Waals surface area contributed by atoms with Crippen LogP contribution >= 0.6 is 0 Å². The van der Waals surface area contributed by atoms with E-state index < -0.39 is 0 Å². The number of nitrogens with zero attached hydrogens (tertiary/aromatic N) is 1. The molecule has 0 aliphatic rings. The summed E-state index contributed by atoms with van der Waals surface area (Å²) in [5.74, 6) is -0.106. The van der Waals surface area contributed by atoms with E-state index in [0.29, 0.717) is 18.7 Å². The van der Waals surface area contributed by atoms with Gasteiger partial charge in [-0.25, -0.2) is 0 Å². The number of hydrogen-bond acceptors (Lipinski definition) is 3. The summed E-state index contributed by atoms with van der Waals surface area (Å²) < 4.78 is 0. The third-order valence-corrected chi connectivity index (χ3v) is 3.16. The Balaban J connectivity index is 2.23. The van der Waals surface area contributed by atoms with Gasteiger partial charge in [0.2, 0.25) is 0 Å². The van der Waals surface area contributed by atoms with Crippen molar-refractivity contribution in [3.8, 4) is 0 Å². The molecule has 0 saturated heterocycles. The second-order valence-electron chi connectivity index (χ2n) is 5.43. The number of rotatable bonds is 4. The first-order chi connectivity index (χ1) is 9.03. The van der Waals surface area contributed by atoms with Crippen molar-refractivity contribution in [2.75, 3.05) is 13.1 Å². The Hall–Kier alpha value is -1.94. The van der Waals surface area contributed by atoms with E-state index in [0.717, 1.165) is 10.9 Å². The summed E-state index contributed by atoms with van der Waals surface area (Å²) in [5.41, 5.74) is 6.89. The van der Waals surface area contributed by atoms with Gasteiger partial charge >= 0.3 is 0 Å². The van der Waals surface area contributed by atoms with E-state index in [1.54, 1.807) is 12.3 Å². The fourth-order valence-electron chi connectivity index (χ4n) is 1.77. The molecule has 0 aliphatic carbocycles. The van der Waals surface area contributed by atoms with Crippen molar-refractivity contribution in [1.82, 2.24) is 10.3 Å². The zero-order chi connectivity index (χ0) is 13.9. The third kappa shape index (κ3) is 3.09. The molecule has 0 bridgehead atoms. The molecule has 4 heteroatoms. The molecule has 0 fully saturated rings. The molecule has 1 amide bonds. The number of carbonyl (C=O) groups is 1. The van der Waals surface area contributed by atoms with Crippen molar-refractivity contribution < 1.29 is 4.79 Å². The lowest BCUT2D eigenvalue weighted by molar-refractivity contribution is 0.0939. The minimum atomic E-state index is -0.106. The Morgan fingerprint density at radius 3 is 2.79 bits per heavy atom. The maximum Gasteiger partial charge on any atom is 0.253 e. The van der Waals surface area contributed by atoms with Crippen LogP contribution in [0.1, 0.15) is 24.2 Å². The van der Waals surface area contributed by atoms with E-state index in [9.17, 15) is 4.79 Å². The monoisotopic (exact) mass is 257 g/mol. The normalized spacial score (nSPS) is 11.5. The standard InChI is InChI=1S/C15H19N3O/c1-15(2,9-16)10-18-14(19)12-7-3-5-11-6-4-8-17-13(11)12/h3-8H,9-10,16H2,1-2H3,(H,18,19). The minimum Gasteiger partial charge on any atom is -0.351 e. The number of amides is 1. The van der Waals surface area contributed by atoms with Gasteiger partial charge in [-0.2, -0.15) is 0 Å². The number of aromatic nitrogens is 1. The number of nitrogens with two attached hydrogens (primary N) is 1. The molecule has 1 heterocycles. The van der Waals surface area contributed by atoms with Crippen LogP contribution in [0, 0.1) is 5.41 Å². The van der Waals surface area contributed by atoms with Gasteiger partial charge in [0.25, 0.3) is 5.91 Å². The third-order valence-electron chi connectivity index (χ3n) is 3.16. The number of fused-ring (bicyclic) bond motifs is 1. The molecule has 0 saturated carbocycles. The van der Waals surface area contributed by atoms with E-state index in [4.69, 9.17) is 5.73 Å². The first kappa shape index (κ1) is 13.5. The molecule has 2 aromatic rings. The van der Waals surface area contributed by atoms with Crippen molar-refractivity contribution >= 4 is 16.8 Å². The number of benzene rings is 1. The zero-order valence-corrected chi connectivity index (χ0v) is 11.3. The average molecular weight is 257 g/mol. The number of para-hydroxylation sites is 1. The van der Waals surface area contributed by atoms with Gasteiger partial charge in [0.15, 0.2) is 0 Å². The van der Waals surface area contributed by atoms with Crippen LogP contribution in [-0.4, -0.2) is 24.0 Å². The number of hydrogen-bond donors (Lipinski definition) is 2. The molecular formula is C15H19N3O. The highest BCUT2D eigenvalue weighted by Crippen LogP contribution is 2.16. The summed E-state index contributed by atoms with van der Waals surface area (Å²) in [7, 11) is 0. The number of carbonyl (C=O) groups excluding carboxylic acids is 1. The van der Waals surface area contributed by atoms with Crippen molar-refractivity contribution in [1.29, 1.82) is 0 Å². The van der Waals surface area contributed by atoms with Crippen LogP contribution in [0.4, 0.5) is 0 Å². The van der Waals surface area contributed by atoms with Crippen molar-refractivity contribution in [3.63, 3.8) is 0 Å². The second-order valence-corrected chi connectivity index (χ2v) is 5.43. The average Bonchev–Trinajstić information content (AvgIpc) is 2.44. The quantitative estimate of drug-likeness (QED) is 0.879. The summed E-state index contributed by atoms with van der Waals surface area (Å²) in [6, 6.07) is 9.42. The Morgan fingerprint density at radius 1 is 1.32 bits per heavy atom. The van der Waals surface area contributed by atoms with Crippen LogP contribution in [0.2, 0.25) is 0 Å². The Kier molecular flexibility index (Phi) is 3.81. The maximum atomic E-state index is 12.2. The molecule has 4 nitrogen and oxygen atoms in total. The second kappa shape index (κ2) is 5.36.